The normalized spacial score (nSPS) is 15.4. The lowest BCUT2D eigenvalue weighted by Gasteiger charge is -2.27. The Morgan fingerprint density at radius 2 is 1.90 bits per heavy atom. The molecule has 1 aliphatic rings. The van der Waals surface area contributed by atoms with Crippen LogP contribution in [0.15, 0.2) is 23.7 Å². The number of thiazole rings is 1. The minimum Gasteiger partial charge on any atom is -0.491 e. The maximum atomic E-state index is 12.5. The molecule has 1 saturated heterocycles. The Kier molecular flexibility index (Phi) is 14.2. The van der Waals surface area contributed by atoms with Crippen molar-refractivity contribution in [1.82, 2.24) is 20.5 Å². The van der Waals surface area contributed by atoms with Crippen LogP contribution in [0.4, 0.5) is 0 Å². The second kappa shape index (κ2) is 16.2. The molecule has 3 amide bonds. The summed E-state index contributed by atoms with van der Waals surface area (Å²) in [4.78, 5) is 41.1. The van der Waals surface area contributed by atoms with Gasteiger partial charge in [0.05, 0.1) is 22.2 Å². The van der Waals surface area contributed by atoms with E-state index in [9.17, 15) is 14.4 Å². The molecule has 0 saturated carbocycles. The summed E-state index contributed by atoms with van der Waals surface area (Å²) >= 11 is 1.60. The van der Waals surface area contributed by atoms with Crippen LogP contribution in [0.3, 0.4) is 0 Å². The lowest BCUT2D eigenvalue weighted by Crippen LogP contribution is -2.42. The number of amides is 3. The fraction of sp³-hybridized carbons (Fsp3) is 0.600. The minimum atomic E-state index is -0.365. The molecule has 0 aliphatic carbocycles. The summed E-state index contributed by atoms with van der Waals surface area (Å²) in [7, 11) is 0. The topological polar surface area (TPSA) is 101 Å². The van der Waals surface area contributed by atoms with Gasteiger partial charge < -0.3 is 20.3 Å². The number of aryl methyl sites for hydroxylation is 1. The Balaban J connectivity index is 0.000000537. The van der Waals surface area contributed by atoms with E-state index in [1.54, 1.807) is 23.2 Å². The van der Waals surface area contributed by atoms with Crippen LogP contribution in [0.25, 0.3) is 10.4 Å². The van der Waals surface area contributed by atoms with E-state index in [0.29, 0.717) is 19.5 Å². The third-order valence-electron chi connectivity index (χ3n) is 6.34. The van der Waals surface area contributed by atoms with Gasteiger partial charge in [0, 0.05) is 31.6 Å². The smallest absolute Gasteiger partial charge is 0.243 e. The van der Waals surface area contributed by atoms with E-state index < -0.39 is 0 Å². The molecular formula is C30H48N4O4S. The quantitative estimate of drug-likeness (QED) is 0.402. The number of nitrogens with zero attached hydrogens (tertiary/aromatic N) is 2. The van der Waals surface area contributed by atoms with Crippen molar-refractivity contribution in [3.63, 3.8) is 0 Å². The number of carbonyl (C=O) groups excluding carboxylic acids is 3. The largest absolute Gasteiger partial charge is 0.491 e. The van der Waals surface area contributed by atoms with Crippen LogP contribution in [0.5, 0.6) is 5.75 Å². The van der Waals surface area contributed by atoms with E-state index in [-0.39, 0.29) is 35.4 Å². The molecule has 1 aliphatic heterocycles. The average Bonchev–Trinajstić information content (AvgIpc) is 3.52. The van der Waals surface area contributed by atoms with Gasteiger partial charge in [0.2, 0.25) is 18.2 Å². The summed E-state index contributed by atoms with van der Waals surface area (Å²) in [6.45, 7) is 20.8. The molecule has 1 aromatic heterocycles. The standard InChI is InChI=1S/C20H25N3O3S.C8H17NO.C2H6/c1-13(2)26-18-9-15(19-14(3)22-11-27-19)6-7-16(18)10-21-20(25)17-5-4-8-23(17)12-24;1-6(8(3,4)5)9-7(2)10;1-2/h6-7,9,11-13,17H,4-5,8,10H2,1-3H3,(H,21,25);6H,1-5H3,(H,9,10);1-2H3. The number of likely N-dealkylation sites (tertiary alicyclic amines) is 1. The molecule has 2 N–H and O–H groups in total. The van der Waals surface area contributed by atoms with Crippen LogP contribution in [0.2, 0.25) is 0 Å². The maximum Gasteiger partial charge on any atom is 0.243 e. The third kappa shape index (κ3) is 11.0. The molecule has 2 atom stereocenters. The summed E-state index contributed by atoms with van der Waals surface area (Å²) in [6, 6.07) is 5.90. The molecule has 2 unspecified atom stereocenters. The number of aromatic nitrogens is 1. The molecule has 1 fully saturated rings. The van der Waals surface area contributed by atoms with Crippen molar-refractivity contribution in [2.75, 3.05) is 6.54 Å². The first kappa shape index (κ1) is 34.1. The van der Waals surface area contributed by atoms with Crippen molar-refractivity contribution in [2.45, 2.75) is 107 Å². The van der Waals surface area contributed by atoms with E-state index in [1.165, 1.54) is 0 Å². The highest BCUT2D eigenvalue weighted by atomic mass is 32.1. The van der Waals surface area contributed by atoms with Crippen molar-refractivity contribution >= 4 is 29.6 Å². The first-order chi connectivity index (χ1) is 18.3. The maximum absolute atomic E-state index is 12.5. The van der Waals surface area contributed by atoms with Crippen molar-refractivity contribution in [1.29, 1.82) is 0 Å². The second-order valence-electron chi connectivity index (χ2n) is 10.8. The first-order valence-electron chi connectivity index (χ1n) is 13.8. The number of benzene rings is 1. The van der Waals surface area contributed by atoms with Crippen molar-refractivity contribution in [2.24, 2.45) is 5.41 Å². The number of carbonyl (C=O) groups is 3. The Morgan fingerprint density at radius 1 is 1.23 bits per heavy atom. The summed E-state index contributed by atoms with van der Waals surface area (Å²) in [6.07, 6.45) is 2.36. The Bertz CT molecular complexity index is 1060. The molecular weight excluding hydrogens is 512 g/mol. The molecule has 39 heavy (non-hydrogen) atoms. The van der Waals surface area contributed by atoms with Gasteiger partial charge in [-0.25, -0.2) is 4.98 Å². The lowest BCUT2D eigenvalue weighted by atomic mass is 9.88. The monoisotopic (exact) mass is 560 g/mol. The van der Waals surface area contributed by atoms with Crippen molar-refractivity contribution < 1.29 is 19.1 Å². The van der Waals surface area contributed by atoms with Gasteiger partial charge in [-0.1, -0.05) is 46.8 Å². The van der Waals surface area contributed by atoms with Gasteiger partial charge in [-0.3, -0.25) is 14.4 Å². The van der Waals surface area contributed by atoms with Gasteiger partial charge in [0.15, 0.2) is 0 Å². The molecule has 0 bridgehead atoms. The van der Waals surface area contributed by atoms with Gasteiger partial charge >= 0.3 is 0 Å². The molecule has 8 nitrogen and oxygen atoms in total. The fourth-order valence-electron chi connectivity index (χ4n) is 3.80. The van der Waals surface area contributed by atoms with Crippen LogP contribution < -0.4 is 15.4 Å². The van der Waals surface area contributed by atoms with E-state index >= 15 is 0 Å². The molecule has 218 valence electrons. The van der Waals surface area contributed by atoms with E-state index in [1.807, 2.05) is 65.3 Å². The minimum absolute atomic E-state index is 0.0256. The number of nitrogens with one attached hydrogen (secondary N) is 2. The van der Waals surface area contributed by atoms with E-state index in [4.69, 9.17) is 4.74 Å². The molecule has 3 rings (SSSR count). The zero-order chi connectivity index (χ0) is 29.8. The molecule has 0 radical (unpaired) electrons. The Hall–Kier alpha value is -2.94. The number of hydrogen-bond donors (Lipinski definition) is 2. The highest BCUT2D eigenvalue weighted by Gasteiger charge is 2.29. The molecule has 2 heterocycles. The van der Waals surface area contributed by atoms with Gasteiger partial charge in [-0.15, -0.1) is 11.3 Å². The van der Waals surface area contributed by atoms with Gasteiger partial charge in [0.25, 0.3) is 0 Å². The van der Waals surface area contributed by atoms with E-state index in [2.05, 4.69) is 36.4 Å². The summed E-state index contributed by atoms with van der Waals surface area (Å²) in [5.74, 6) is 0.689. The second-order valence-corrected chi connectivity index (χ2v) is 11.6. The SMILES string of the molecule is CC.CC(=O)NC(C)C(C)(C)C.Cc1ncsc1-c1ccc(CNC(=O)C2CCCN2C=O)c(OC(C)C)c1. The van der Waals surface area contributed by atoms with Crippen LogP contribution in [-0.2, 0) is 20.9 Å². The average molecular weight is 561 g/mol. The van der Waals surface area contributed by atoms with Crippen LogP contribution in [0.1, 0.15) is 86.4 Å². The Morgan fingerprint density at radius 3 is 2.38 bits per heavy atom. The fourth-order valence-corrected chi connectivity index (χ4v) is 4.61. The molecule has 9 heteroatoms. The van der Waals surface area contributed by atoms with Crippen LogP contribution in [0, 0.1) is 12.3 Å². The summed E-state index contributed by atoms with van der Waals surface area (Å²) in [5.41, 5.74) is 4.96. The zero-order valence-electron chi connectivity index (χ0n) is 25.4. The highest BCUT2D eigenvalue weighted by molar-refractivity contribution is 7.13. The zero-order valence-corrected chi connectivity index (χ0v) is 26.2. The summed E-state index contributed by atoms with van der Waals surface area (Å²) in [5, 5.41) is 5.80. The van der Waals surface area contributed by atoms with E-state index in [0.717, 1.165) is 40.3 Å². The molecule has 0 spiro atoms. The third-order valence-corrected chi connectivity index (χ3v) is 7.32. The van der Waals surface area contributed by atoms with Crippen molar-refractivity contribution in [3.05, 3.63) is 35.0 Å². The predicted molar refractivity (Wildman–Crippen MR) is 160 cm³/mol. The van der Waals surface area contributed by atoms with Gasteiger partial charge in [0.1, 0.15) is 11.8 Å². The lowest BCUT2D eigenvalue weighted by molar-refractivity contribution is -0.131. The Labute approximate surface area is 238 Å². The van der Waals surface area contributed by atoms with Crippen LogP contribution >= 0.6 is 11.3 Å². The number of hydrogen-bond acceptors (Lipinski definition) is 6. The number of rotatable bonds is 8. The number of ether oxygens (including phenoxy) is 1. The first-order valence-corrected chi connectivity index (χ1v) is 14.7. The van der Waals surface area contributed by atoms with Gasteiger partial charge in [-0.05, 0) is 57.6 Å². The molecule has 2 aromatic rings. The van der Waals surface area contributed by atoms with Crippen molar-refractivity contribution in [3.8, 4) is 16.2 Å². The van der Waals surface area contributed by atoms with Crippen LogP contribution in [-0.4, -0.2) is 52.8 Å². The summed E-state index contributed by atoms with van der Waals surface area (Å²) < 4.78 is 5.99. The van der Waals surface area contributed by atoms with Gasteiger partial charge in [-0.2, -0.15) is 0 Å². The highest BCUT2D eigenvalue weighted by Crippen LogP contribution is 2.32. The molecule has 1 aromatic carbocycles. The predicted octanol–water partition coefficient (Wildman–Crippen LogP) is 5.73.